The number of aromatic hydroxyl groups is 2. The molecular formula is C11H9NO3. The number of hydrogen-bond donors (Lipinski definition) is 3. The molecule has 0 amide bonds. The van der Waals surface area contributed by atoms with Crippen LogP contribution in [-0.4, -0.2) is 21.0 Å². The van der Waals surface area contributed by atoms with E-state index in [4.69, 9.17) is 0 Å². The van der Waals surface area contributed by atoms with Crippen molar-refractivity contribution >= 4 is 5.78 Å². The van der Waals surface area contributed by atoms with Crippen molar-refractivity contribution in [3.8, 4) is 11.5 Å². The minimum atomic E-state index is -0.410. The number of benzene rings is 1. The molecule has 15 heavy (non-hydrogen) atoms. The van der Waals surface area contributed by atoms with E-state index in [1.165, 1.54) is 24.4 Å². The number of hydrogen-bond acceptors (Lipinski definition) is 3. The van der Waals surface area contributed by atoms with E-state index in [-0.39, 0.29) is 17.1 Å². The fourth-order valence-corrected chi connectivity index (χ4v) is 1.37. The van der Waals surface area contributed by atoms with Crippen molar-refractivity contribution in [1.29, 1.82) is 0 Å². The summed E-state index contributed by atoms with van der Waals surface area (Å²) in [4.78, 5) is 14.5. The third-order valence-electron chi connectivity index (χ3n) is 2.11. The third kappa shape index (κ3) is 1.57. The van der Waals surface area contributed by atoms with Gasteiger partial charge in [-0.15, -0.1) is 0 Å². The van der Waals surface area contributed by atoms with E-state index in [9.17, 15) is 15.0 Å². The first kappa shape index (κ1) is 9.33. The van der Waals surface area contributed by atoms with Crippen LogP contribution in [0.25, 0.3) is 0 Å². The summed E-state index contributed by atoms with van der Waals surface area (Å²) in [7, 11) is 0. The van der Waals surface area contributed by atoms with E-state index in [1.807, 2.05) is 0 Å². The van der Waals surface area contributed by atoms with Crippen molar-refractivity contribution in [2.45, 2.75) is 0 Å². The second-order valence-corrected chi connectivity index (χ2v) is 3.10. The van der Waals surface area contributed by atoms with Crippen LogP contribution in [0.5, 0.6) is 11.5 Å². The number of aromatic amines is 1. The lowest BCUT2D eigenvalue weighted by molar-refractivity contribution is 0.103. The van der Waals surface area contributed by atoms with E-state index in [2.05, 4.69) is 4.98 Å². The lowest BCUT2D eigenvalue weighted by Gasteiger charge is -2.04. The number of aromatic nitrogens is 1. The van der Waals surface area contributed by atoms with Crippen LogP contribution in [0.15, 0.2) is 36.7 Å². The summed E-state index contributed by atoms with van der Waals surface area (Å²) in [6, 6.07) is 5.77. The number of phenols is 2. The molecule has 3 N–H and O–H groups in total. The van der Waals surface area contributed by atoms with Gasteiger partial charge in [0.1, 0.15) is 17.1 Å². The number of phenolic OH excluding ortho intramolecular Hbond substituents is 2. The Bertz CT molecular complexity index is 468. The van der Waals surface area contributed by atoms with Crippen molar-refractivity contribution in [3.05, 3.63) is 47.8 Å². The highest BCUT2D eigenvalue weighted by Crippen LogP contribution is 2.28. The Morgan fingerprint density at radius 1 is 1.13 bits per heavy atom. The highest BCUT2D eigenvalue weighted by atomic mass is 16.3. The number of rotatable bonds is 2. The number of carbonyl (C=O) groups excluding carboxylic acids is 1. The van der Waals surface area contributed by atoms with E-state index in [0.717, 1.165) is 0 Å². The first-order valence-electron chi connectivity index (χ1n) is 4.38. The zero-order valence-electron chi connectivity index (χ0n) is 7.77. The molecule has 1 heterocycles. The van der Waals surface area contributed by atoms with Crippen molar-refractivity contribution in [3.63, 3.8) is 0 Å². The minimum Gasteiger partial charge on any atom is -0.507 e. The van der Waals surface area contributed by atoms with Gasteiger partial charge in [-0.2, -0.15) is 0 Å². The molecule has 1 aromatic carbocycles. The van der Waals surface area contributed by atoms with E-state index in [0.29, 0.717) is 5.56 Å². The molecule has 0 radical (unpaired) electrons. The van der Waals surface area contributed by atoms with Gasteiger partial charge >= 0.3 is 0 Å². The van der Waals surface area contributed by atoms with Crippen LogP contribution in [0.2, 0.25) is 0 Å². The summed E-state index contributed by atoms with van der Waals surface area (Å²) < 4.78 is 0. The summed E-state index contributed by atoms with van der Waals surface area (Å²) >= 11 is 0. The maximum atomic E-state index is 11.8. The molecule has 0 unspecified atom stereocenters. The number of nitrogens with one attached hydrogen (secondary N) is 1. The maximum Gasteiger partial charge on any atom is 0.202 e. The zero-order valence-corrected chi connectivity index (χ0v) is 7.77. The number of H-pyrrole nitrogens is 1. The summed E-state index contributed by atoms with van der Waals surface area (Å²) in [6.07, 6.45) is 3.11. The Morgan fingerprint density at radius 2 is 1.80 bits per heavy atom. The molecule has 0 aliphatic carbocycles. The number of ketones is 1. The molecule has 0 atom stereocenters. The van der Waals surface area contributed by atoms with Crippen LogP contribution in [0.3, 0.4) is 0 Å². The maximum absolute atomic E-state index is 11.8. The van der Waals surface area contributed by atoms with Crippen molar-refractivity contribution < 1.29 is 15.0 Å². The van der Waals surface area contributed by atoms with Gasteiger partial charge in [-0.3, -0.25) is 4.79 Å². The molecule has 76 valence electrons. The predicted molar refractivity (Wildman–Crippen MR) is 54.0 cm³/mol. The largest absolute Gasteiger partial charge is 0.507 e. The molecule has 4 nitrogen and oxygen atoms in total. The Morgan fingerprint density at radius 3 is 2.33 bits per heavy atom. The molecule has 0 spiro atoms. The van der Waals surface area contributed by atoms with Gasteiger partial charge in [-0.05, 0) is 18.2 Å². The van der Waals surface area contributed by atoms with Crippen LogP contribution < -0.4 is 0 Å². The van der Waals surface area contributed by atoms with Crippen LogP contribution in [0, 0.1) is 0 Å². The van der Waals surface area contributed by atoms with Gasteiger partial charge < -0.3 is 15.2 Å². The molecule has 0 saturated heterocycles. The average molecular weight is 203 g/mol. The molecule has 0 saturated carbocycles. The molecule has 0 aliphatic rings. The second kappa shape index (κ2) is 3.49. The summed E-state index contributed by atoms with van der Waals surface area (Å²) in [5.41, 5.74) is 0.323. The minimum absolute atomic E-state index is 0.0721. The molecule has 0 bridgehead atoms. The van der Waals surface area contributed by atoms with Gasteiger partial charge in [0.15, 0.2) is 0 Å². The highest BCUT2D eigenvalue weighted by molar-refractivity contribution is 6.12. The lowest BCUT2D eigenvalue weighted by Crippen LogP contribution is -2.00. The second-order valence-electron chi connectivity index (χ2n) is 3.10. The summed E-state index contributed by atoms with van der Waals surface area (Å²) in [5.74, 6) is -0.853. The fraction of sp³-hybridized carbons (Fsp3) is 0. The van der Waals surface area contributed by atoms with E-state index < -0.39 is 5.78 Å². The van der Waals surface area contributed by atoms with Gasteiger partial charge in [-0.1, -0.05) is 6.07 Å². The van der Waals surface area contributed by atoms with Crippen molar-refractivity contribution in [1.82, 2.24) is 4.98 Å². The van der Waals surface area contributed by atoms with Gasteiger partial charge in [0.2, 0.25) is 5.78 Å². The van der Waals surface area contributed by atoms with Gasteiger partial charge in [0, 0.05) is 18.0 Å². The Kier molecular flexibility index (Phi) is 2.17. The van der Waals surface area contributed by atoms with E-state index >= 15 is 0 Å². The molecule has 1 aromatic heterocycles. The van der Waals surface area contributed by atoms with Crippen LogP contribution in [-0.2, 0) is 0 Å². The van der Waals surface area contributed by atoms with Gasteiger partial charge in [0.05, 0.1) is 0 Å². The molecule has 0 fully saturated rings. The molecule has 0 aliphatic heterocycles. The van der Waals surface area contributed by atoms with E-state index in [1.54, 1.807) is 12.3 Å². The molecular weight excluding hydrogens is 194 g/mol. The Labute approximate surface area is 85.8 Å². The Balaban J connectivity index is 2.51. The predicted octanol–water partition coefficient (Wildman–Crippen LogP) is 1.66. The summed E-state index contributed by atoms with van der Waals surface area (Å²) in [6.45, 7) is 0. The van der Waals surface area contributed by atoms with Crippen molar-refractivity contribution in [2.24, 2.45) is 0 Å². The molecule has 2 rings (SSSR count). The van der Waals surface area contributed by atoms with Crippen LogP contribution in [0.1, 0.15) is 15.9 Å². The summed E-state index contributed by atoms with van der Waals surface area (Å²) in [5, 5.41) is 18.9. The average Bonchev–Trinajstić information content (AvgIpc) is 2.69. The molecule has 4 heteroatoms. The SMILES string of the molecule is O=C(c1cc[nH]c1)c1c(O)cccc1O. The smallest absolute Gasteiger partial charge is 0.202 e. The van der Waals surface area contributed by atoms with Crippen LogP contribution in [0.4, 0.5) is 0 Å². The first-order chi connectivity index (χ1) is 7.20. The zero-order chi connectivity index (χ0) is 10.8. The quantitative estimate of drug-likeness (QED) is 0.650. The Hall–Kier alpha value is -2.23. The topological polar surface area (TPSA) is 73.3 Å². The van der Waals surface area contributed by atoms with Crippen LogP contribution >= 0.6 is 0 Å². The normalized spacial score (nSPS) is 10.1. The fourth-order valence-electron chi connectivity index (χ4n) is 1.37. The van der Waals surface area contributed by atoms with Crippen molar-refractivity contribution in [2.75, 3.05) is 0 Å². The van der Waals surface area contributed by atoms with Gasteiger partial charge in [0.25, 0.3) is 0 Å². The van der Waals surface area contributed by atoms with Gasteiger partial charge in [-0.25, -0.2) is 0 Å². The molecule has 2 aromatic rings. The lowest BCUT2D eigenvalue weighted by atomic mass is 10.0. The standard InChI is InChI=1S/C11H9NO3/c13-8-2-1-3-9(14)10(8)11(15)7-4-5-12-6-7/h1-6,12-14H. The third-order valence-corrected chi connectivity index (χ3v) is 2.11. The highest BCUT2D eigenvalue weighted by Gasteiger charge is 2.17. The number of carbonyl (C=O) groups is 1. The monoisotopic (exact) mass is 203 g/mol. The first-order valence-corrected chi connectivity index (χ1v) is 4.38.